The Morgan fingerprint density at radius 3 is 2.48 bits per heavy atom. The minimum Gasteiger partial charge on any atom is -0.256 e. The van der Waals surface area contributed by atoms with Crippen molar-refractivity contribution in [3.8, 4) is 11.3 Å². The van der Waals surface area contributed by atoms with E-state index in [2.05, 4.69) is 31.0 Å². The molecule has 2 aromatic rings. The lowest BCUT2D eigenvalue weighted by Gasteiger charge is -2.22. The highest BCUT2D eigenvalue weighted by Crippen LogP contribution is 2.35. The van der Waals surface area contributed by atoms with Crippen LogP contribution in [0.4, 0.5) is 4.39 Å². The molecule has 1 nitrogen and oxygen atoms in total. The molecule has 1 aromatic heterocycles. The van der Waals surface area contributed by atoms with Crippen LogP contribution >= 0.6 is 11.6 Å². The second kappa shape index (κ2) is 12.4. The van der Waals surface area contributed by atoms with Gasteiger partial charge in [0, 0.05) is 11.8 Å². The first-order valence-corrected chi connectivity index (χ1v) is 12.6. The Bertz CT molecular complexity index is 856. The topological polar surface area (TPSA) is 12.9 Å². The summed E-state index contributed by atoms with van der Waals surface area (Å²) in [5.41, 5.74) is 4.68. The maximum absolute atomic E-state index is 14.7. The Hall–Kier alpha value is -1.67. The predicted octanol–water partition coefficient (Wildman–Crippen LogP) is 9.43. The number of pyridine rings is 1. The zero-order chi connectivity index (χ0) is 22.1. The second-order valence-electron chi connectivity index (χ2n) is 9.01. The van der Waals surface area contributed by atoms with Crippen molar-refractivity contribution in [3.63, 3.8) is 0 Å². The lowest BCUT2D eigenvalue weighted by Crippen LogP contribution is -2.05. The van der Waals surface area contributed by atoms with Crippen molar-refractivity contribution in [2.24, 2.45) is 5.92 Å². The number of hydrogen-bond donors (Lipinski definition) is 0. The van der Waals surface area contributed by atoms with E-state index in [0.717, 1.165) is 37.3 Å². The normalized spacial score (nSPS) is 16.4. The second-order valence-corrected chi connectivity index (χ2v) is 9.39. The molecule has 3 rings (SSSR count). The van der Waals surface area contributed by atoms with E-state index in [1.54, 1.807) is 0 Å². The van der Waals surface area contributed by atoms with Gasteiger partial charge in [-0.1, -0.05) is 94.7 Å². The van der Waals surface area contributed by atoms with Crippen LogP contribution in [0.3, 0.4) is 0 Å². The van der Waals surface area contributed by atoms with Crippen molar-refractivity contribution < 1.29 is 4.39 Å². The van der Waals surface area contributed by atoms with Crippen LogP contribution in [0.1, 0.15) is 95.6 Å². The molecule has 0 spiro atoms. The molecule has 1 aliphatic rings. The van der Waals surface area contributed by atoms with Crippen molar-refractivity contribution in [1.29, 1.82) is 0 Å². The third kappa shape index (κ3) is 6.65. The fourth-order valence-electron chi connectivity index (χ4n) is 4.54. The summed E-state index contributed by atoms with van der Waals surface area (Å²) in [7, 11) is 0. The summed E-state index contributed by atoms with van der Waals surface area (Å²) in [6.07, 6.45) is 18.8. The van der Waals surface area contributed by atoms with Crippen LogP contribution in [0.2, 0.25) is 5.02 Å². The number of halogens is 2. The van der Waals surface area contributed by atoms with Crippen molar-refractivity contribution in [2.75, 3.05) is 0 Å². The van der Waals surface area contributed by atoms with Gasteiger partial charge in [-0.3, -0.25) is 4.98 Å². The number of hydrogen-bond acceptors (Lipinski definition) is 1. The summed E-state index contributed by atoms with van der Waals surface area (Å²) in [6.45, 7) is 4.38. The van der Waals surface area contributed by atoms with Crippen molar-refractivity contribution >= 4 is 17.2 Å². The van der Waals surface area contributed by atoms with Gasteiger partial charge in [0.05, 0.1) is 10.7 Å². The zero-order valence-corrected chi connectivity index (χ0v) is 20.0. The summed E-state index contributed by atoms with van der Waals surface area (Å²) >= 11 is 6.36. The summed E-state index contributed by atoms with van der Waals surface area (Å²) in [5, 5.41) is 0.188. The molecule has 1 unspecified atom stereocenters. The van der Waals surface area contributed by atoms with Gasteiger partial charge in [-0.05, 0) is 60.8 Å². The highest BCUT2D eigenvalue weighted by molar-refractivity contribution is 6.33. The van der Waals surface area contributed by atoms with Crippen molar-refractivity contribution in [1.82, 2.24) is 4.98 Å². The van der Waals surface area contributed by atoms with E-state index in [0.29, 0.717) is 11.1 Å². The van der Waals surface area contributed by atoms with Crippen LogP contribution in [0.25, 0.3) is 16.8 Å². The number of aryl methyl sites for hydroxylation is 1. The van der Waals surface area contributed by atoms with E-state index < -0.39 is 0 Å². The largest absolute Gasteiger partial charge is 0.256 e. The molecule has 0 bridgehead atoms. The lowest BCUT2D eigenvalue weighted by molar-refractivity contribution is 0.423. The Morgan fingerprint density at radius 1 is 1.00 bits per heavy atom. The number of aromatic nitrogens is 1. The number of unbranched alkanes of at least 4 members (excludes halogenated alkanes) is 5. The average molecular weight is 442 g/mol. The van der Waals surface area contributed by atoms with E-state index in [9.17, 15) is 4.39 Å². The Kier molecular flexibility index (Phi) is 9.58. The molecule has 0 radical (unpaired) electrons. The van der Waals surface area contributed by atoms with Gasteiger partial charge < -0.3 is 0 Å². The van der Waals surface area contributed by atoms with Crippen LogP contribution in [0.15, 0.2) is 36.5 Å². The van der Waals surface area contributed by atoms with E-state index in [-0.39, 0.29) is 10.8 Å². The first kappa shape index (κ1) is 24.0. The maximum atomic E-state index is 14.7. The van der Waals surface area contributed by atoms with Gasteiger partial charge in [0.15, 0.2) is 0 Å². The summed E-state index contributed by atoms with van der Waals surface area (Å²) in [5.74, 6) is 0.542. The smallest absolute Gasteiger partial charge is 0.145 e. The van der Waals surface area contributed by atoms with Gasteiger partial charge in [-0.2, -0.15) is 0 Å². The number of rotatable bonds is 11. The first-order valence-electron chi connectivity index (χ1n) is 12.3. The minimum absolute atomic E-state index is 0.188. The van der Waals surface area contributed by atoms with E-state index in [4.69, 9.17) is 11.6 Å². The quantitative estimate of drug-likeness (QED) is 0.316. The monoisotopic (exact) mass is 441 g/mol. The highest BCUT2D eigenvalue weighted by atomic mass is 35.5. The maximum Gasteiger partial charge on any atom is 0.145 e. The summed E-state index contributed by atoms with van der Waals surface area (Å²) < 4.78 is 14.7. The predicted molar refractivity (Wildman–Crippen MR) is 132 cm³/mol. The summed E-state index contributed by atoms with van der Waals surface area (Å²) in [4.78, 5) is 4.62. The van der Waals surface area contributed by atoms with E-state index in [1.165, 1.54) is 62.5 Å². The third-order valence-electron chi connectivity index (χ3n) is 6.61. The van der Waals surface area contributed by atoms with Crippen molar-refractivity contribution in [2.45, 2.75) is 90.9 Å². The third-order valence-corrected chi connectivity index (χ3v) is 6.98. The molecule has 0 aliphatic heterocycles. The van der Waals surface area contributed by atoms with Crippen LogP contribution in [-0.4, -0.2) is 4.98 Å². The molecule has 1 aliphatic carbocycles. The van der Waals surface area contributed by atoms with Crippen LogP contribution in [0.5, 0.6) is 0 Å². The molecule has 0 fully saturated rings. The van der Waals surface area contributed by atoms with Gasteiger partial charge in [0.1, 0.15) is 5.82 Å². The molecule has 0 amide bonds. The lowest BCUT2D eigenvalue weighted by atomic mass is 9.84. The average Bonchev–Trinajstić information content (AvgIpc) is 2.80. The Labute approximate surface area is 193 Å². The van der Waals surface area contributed by atoms with Crippen LogP contribution < -0.4 is 0 Å². The number of nitrogens with zero attached hydrogens (tertiary/aromatic N) is 1. The zero-order valence-electron chi connectivity index (χ0n) is 19.2. The number of benzene rings is 1. The van der Waals surface area contributed by atoms with Gasteiger partial charge in [0.2, 0.25) is 0 Å². The molecule has 1 atom stereocenters. The fourth-order valence-corrected chi connectivity index (χ4v) is 4.82. The molecule has 168 valence electrons. The first-order chi connectivity index (χ1) is 15.1. The highest BCUT2D eigenvalue weighted by Gasteiger charge is 2.17. The molecule has 1 heterocycles. The Balaban J connectivity index is 1.60. The van der Waals surface area contributed by atoms with Gasteiger partial charge in [0.25, 0.3) is 0 Å². The molecule has 3 heteroatoms. The molecule has 1 aromatic carbocycles. The van der Waals surface area contributed by atoms with Gasteiger partial charge in [-0.25, -0.2) is 4.39 Å². The SMILES string of the molecule is CCCCCCCC1CC=C(c2ccc(-c3ccc(CCCC)c(F)c3Cl)nc2)CC1. The molecule has 31 heavy (non-hydrogen) atoms. The van der Waals surface area contributed by atoms with E-state index in [1.807, 2.05) is 24.4 Å². The molecule has 0 N–H and O–H groups in total. The molecule has 0 saturated heterocycles. The molecule has 0 saturated carbocycles. The molecular formula is C28H37ClFN. The molecular weight excluding hydrogens is 405 g/mol. The Morgan fingerprint density at radius 2 is 1.81 bits per heavy atom. The fraction of sp³-hybridized carbons (Fsp3) is 0.536. The van der Waals surface area contributed by atoms with Gasteiger partial charge in [-0.15, -0.1) is 0 Å². The van der Waals surface area contributed by atoms with Crippen LogP contribution in [0, 0.1) is 11.7 Å². The van der Waals surface area contributed by atoms with Crippen molar-refractivity contribution in [3.05, 3.63) is 58.5 Å². The summed E-state index contributed by atoms with van der Waals surface area (Å²) in [6, 6.07) is 7.85. The van der Waals surface area contributed by atoms with E-state index >= 15 is 0 Å². The minimum atomic E-state index is -0.297. The number of allylic oxidation sites excluding steroid dienone is 2. The van der Waals surface area contributed by atoms with Crippen LogP contribution in [-0.2, 0) is 6.42 Å². The van der Waals surface area contributed by atoms with Gasteiger partial charge >= 0.3 is 0 Å². The standard InChI is InChI=1S/C28H37ClFN/c1-3-5-7-8-9-10-21-12-14-22(15-13-21)24-17-19-26(31-20-24)25-18-16-23(11-6-4-2)28(30)27(25)29/h14,16-21H,3-13,15H2,1-2H3.